The first kappa shape index (κ1) is 31.2. The summed E-state index contributed by atoms with van der Waals surface area (Å²) < 4.78 is 39.3. The third-order valence-electron chi connectivity index (χ3n) is 7.71. The van der Waals surface area contributed by atoms with Crippen LogP contribution in [0.15, 0.2) is 30.3 Å². The lowest BCUT2D eigenvalue weighted by molar-refractivity contribution is -0.319. The molecule has 15 heteroatoms. The number of ether oxygens (including phenoxy) is 7. The van der Waals surface area contributed by atoms with Crippen LogP contribution in [0.2, 0.25) is 0 Å². The van der Waals surface area contributed by atoms with E-state index in [1.807, 2.05) is 0 Å². The summed E-state index contributed by atoms with van der Waals surface area (Å²) in [5.74, 6) is 0.0944. The van der Waals surface area contributed by atoms with Gasteiger partial charge >= 0.3 is 0 Å². The standard InChI is InChI=1S/C28H34O15/c1-37-13-6-14(31)21-15(32)8-17(40-19(21)7-13)12-3-4-16(18(5-12)38-2)41-26-24(23(34)22(33)20(9-29)42-26)43-27-25(35)28(36,10-30)11-39-27/h3-7,17,20,22-27,29-31,33-36H,8-11H2,1-2H3/t17?,20-,22-,23+,24-,25+,26-,27+,28-/m1/s1. The van der Waals surface area contributed by atoms with Gasteiger partial charge in [0, 0.05) is 12.1 Å². The summed E-state index contributed by atoms with van der Waals surface area (Å²) >= 11 is 0. The number of ketones is 1. The van der Waals surface area contributed by atoms with E-state index in [4.69, 9.17) is 33.2 Å². The predicted octanol–water partition coefficient (Wildman–Crippen LogP) is -1.24. The van der Waals surface area contributed by atoms with Crippen molar-refractivity contribution in [3.8, 4) is 28.7 Å². The van der Waals surface area contributed by atoms with E-state index in [1.54, 1.807) is 12.1 Å². The first-order valence-corrected chi connectivity index (χ1v) is 13.4. The summed E-state index contributed by atoms with van der Waals surface area (Å²) in [5, 5.41) is 71.4. The molecule has 236 valence electrons. The van der Waals surface area contributed by atoms with Gasteiger partial charge in [0.1, 0.15) is 58.9 Å². The monoisotopic (exact) mass is 610 g/mol. The molecule has 2 saturated heterocycles. The molecule has 2 fully saturated rings. The van der Waals surface area contributed by atoms with E-state index in [2.05, 4.69) is 0 Å². The molecule has 5 rings (SSSR count). The first-order chi connectivity index (χ1) is 20.5. The Kier molecular flexibility index (Phi) is 8.99. The normalized spacial score (nSPS) is 33.9. The smallest absolute Gasteiger partial charge is 0.229 e. The second kappa shape index (κ2) is 12.4. The Morgan fingerprint density at radius 3 is 2.42 bits per heavy atom. The number of carbonyl (C=O) groups excluding carboxylic acids is 1. The number of benzene rings is 2. The zero-order valence-corrected chi connectivity index (χ0v) is 23.2. The van der Waals surface area contributed by atoms with E-state index >= 15 is 0 Å². The number of phenols is 1. The molecule has 3 aliphatic rings. The van der Waals surface area contributed by atoms with Gasteiger partial charge in [-0.1, -0.05) is 6.07 Å². The lowest BCUT2D eigenvalue weighted by atomic mass is 9.95. The van der Waals surface area contributed by atoms with Crippen LogP contribution in [0, 0.1) is 0 Å². The van der Waals surface area contributed by atoms with Gasteiger partial charge in [-0.3, -0.25) is 4.79 Å². The van der Waals surface area contributed by atoms with Gasteiger partial charge < -0.3 is 68.9 Å². The molecule has 3 heterocycles. The molecule has 0 aliphatic carbocycles. The molecule has 3 aliphatic heterocycles. The van der Waals surface area contributed by atoms with Gasteiger partial charge in [0.05, 0.1) is 40.5 Å². The lowest BCUT2D eigenvalue weighted by Gasteiger charge is -2.42. The number of aliphatic hydroxyl groups is 6. The Balaban J connectivity index is 1.39. The molecular formula is C28H34O15. The van der Waals surface area contributed by atoms with E-state index in [0.29, 0.717) is 11.3 Å². The van der Waals surface area contributed by atoms with Crippen molar-refractivity contribution >= 4 is 5.78 Å². The number of hydrogen-bond donors (Lipinski definition) is 7. The highest BCUT2D eigenvalue weighted by Gasteiger charge is 2.53. The molecule has 0 bridgehead atoms. The van der Waals surface area contributed by atoms with Crippen LogP contribution in [0.3, 0.4) is 0 Å². The van der Waals surface area contributed by atoms with E-state index in [-0.39, 0.29) is 40.8 Å². The molecule has 2 aromatic rings. The number of rotatable bonds is 9. The number of methoxy groups -OCH3 is 2. The average molecular weight is 611 g/mol. The molecule has 0 aromatic heterocycles. The van der Waals surface area contributed by atoms with Crippen molar-refractivity contribution in [2.75, 3.05) is 34.0 Å². The van der Waals surface area contributed by atoms with Crippen molar-refractivity contribution < 1.29 is 73.7 Å². The van der Waals surface area contributed by atoms with Gasteiger partial charge in [0.2, 0.25) is 6.29 Å². The maximum Gasteiger partial charge on any atom is 0.229 e. The van der Waals surface area contributed by atoms with Crippen molar-refractivity contribution in [3.05, 3.63) is 41.5 Å². The fraction of sp³-hybridized carbons (Fsp3) is 0.536. The number of aliphatic hydroxyl groups excluding tert-OH is 5. The summed E-state index contributed by atoms with van der Waals surface area (Å²) in [7, 11) is 2.78. The van der Waals surface area contributed by atoms with Crippen molar-refractivity contribution in [1.29, 1.82) is 0 Å². The van der Waals surface area contributed by atoms with Gasteiger partial charge in [0.25, 0.3) is 0 Å². The second-order valence-electron chi connectivity index (χ2n) is 10.5. The highest BCUT2D eigenvalue weighted by molar-refractivity contribution is 6.02. The zero-order valence-electron chi connectivity index (χ0n) is 23.2. The highest BCUT2D eigenvalue weighted by atomic mass is 16.8. The van der Waals surface area contributed by atoms with Crippen LogP contribution in [-0.4, -0.2) is 124 Å². The summed E-state index contributed by atoms with van der Waals surface area (Å²) in [4.78, 5) is 12.9. The van der Waals surface area contributed by atoms with Crippen LogP contribution in [0.1, 0.15) is 28.4 Å². The van der Waals surface area contributed by atoms with Crippen LogP contribution in [0.5, 0.6) is 28.7 Å². The van der Waals surface area contributed by atoms with Crippen molar-refractivity contribution in [3.63, 3.8) is 0 Å². The van der Waals surface area contributed by atoms with E-state index in [0.717, 1.165) is 0 Å². The number of fused-ring (bicyclic) bond motifs is 1. The van der Waals surface area contributed by atoms with Crippen molar-refractivity contribution in [1.82, 2.24) is 0 Å². The summed E-state index contributed by atoms with van der Waals surface area (Å²) in [6.45, 7) is -1.97. The molecule has 15 nitrogen and oxygen atoms in total. The van der Waals surface area contributed by atoms with Crippen LogP contribution in [0.4, 0.5) is 0 Å². The molecule has 7 N–H and O–H groups in total. The van der Waals surface area contributed by atoms with Crippen molar-refractivity contribution in [2.45, 2.75) is 61.2 Å². The number of aromatic hydroxyl groups is 1. The Morgan fingerprint density at radius 2 is 1.77 bits per heavy atom. The SMILES string of the molecule is COc1cc(O)c2c(c1)OC(c1ccc(O[C@@H]3O[C@H](CO)[C@@H](O)[C@H](O)[C@H]3O[C@@H]3OC[C@](O)(CO)[C@H]3O)c(OC)c1)CC2=O. The molecule has 0 amide bonds. The molecule has 0 spiro atoms. The van der Waals surface area contributed by atoms with Crippen molar-refractivity contribution in [2.24, 2.45) is 0 Å². The van der Waals surface area contributed by atoms with Crippen LogP contribution < -0.4 is 18.9 Å². The lowest BCUT2D eigenvalue weighted by Crippen LogP contribution is -2.62. The third-order valence-corrected chi connectivity index (χ3v) is 7.71. The van der Waals surface area contributed by atoms with Gasteiger partial charge in [-0.15, -0.1) is 0 Å². The van der Waals surface area contributed by atoms with Crippen LogP contribution >= 0.6 is 0 Å². The minimum absolute atomic E-state index is 0.0532. The molecule has 43 heavy (non-hydrogen) atoms. The molecule has 9 atom stereocenters. The quantitative estimate of drug-likeness (QED) is 0.176. The largest absolute Gasteiger partial charge is 0.507 e. The summed E-state index contributed by atoms with van der Waals surface area (Å²) in [5.41, 5.74) is -1.44. The third kappa shape index (κ3) is 5.83. The molecule has 0 radical (unpaired) electrons. The Hall–Kier alpha value is -3.25. The average Bonchev–Trinajstić information content (AvgIpc) is 3.29. The van der Waals surface area contributed by atoms with Gasteiger partial charge in [-0.2, -0.15) is 0 Å². The first-order valence-electron chi connectivity index (χ1n) is 13.4. The molecular weight excluding hydrogens is 576 g/mol. The number of carbonyl (C=O) groups is 1. The van der Waals surface area contributed by atoms with Gasteiger partial charge in [0.15, 0.2) is 29.7 Å². The maximum absolute atomic E-state index is 12.9. The number of phenolic OH excluding ortho intramolecular Hbond substituents is 1. The molecule has 2 aromatic carbocycles. The fourth-order valence-corrected chi connectivity index (χ4v) is 5.19. The highest BCUT2D eigenvalue weighted by Crippen LogP contribution is 2.43. The second-order valence-corrected chi connectivity index (χ2v) is 10.5. The van der Waals surface area contributed by atoms with E-state index < -0.39 is 74.6 Å². The zero-order chi connectivity index (χ0) is 31.1. The predicted molar refractivity (Wildman–Crippen MR) is 141 cm³/mol. The Labute approximate surface area is 245 Å². The Morgan fingerprint density at radius 1 is 1.00 bits per heavy atom. The minimum Gasteiger partial charge on any atom is -0.507 e. The van der Waals surface area contributed by atoms with E-state index in [1.165, 1.54) is 32.4 Å². The van der Waals surface area contributed by atoms with Crippen LogP contribution in [-0.2, 0) is 14.2 Å². The molecule has 1 unspecified atom stereocenters. The summed E-state index contributed by atoms with van der Waals surface area (Å²) in [6, 6.07) is 7.45. The number of Topliss-reactive ketones (excluding diaryl/α,β-unsaturated/α-hetero) is 1. The minimum atomic E-state index is -2.01. The number of hydrogen-bond acceptors (Lipinski definition) is 15. The molecule has 0 saturated carbocycles. The van der Waals surface area contributed by atoms with Crippen LogP contribution in [0.25, 0.3) is 0 Å². The summed E-state index contributed by atoms with van der Waals surface area (Å²) in [6.07, 6.45) is -11.7. The Bertz CT molecular complexity index is 1320. The fourth-order valence-electron chi connectivity index (χ4n) is 5.19. The van der Waals surface area contributed by atoms with E-state index in [9.17, 15) is 40.5 Å². The van der Waals surface area contributed by atoms with Gasteiger partial charge in [-0.25, -0.2) is 0 Å². The topological polar surface area (TPSA) is 223 Å². The maximum atomic E-state index is 12.9. The van der Waals surface area contributed by atoms with Gasteiger partial charge in [-0.05, 0) is 17.7 Å².